The van der Waals surface area contributed by atoms with Gasteiger partial charge in [-0.15, -0.1) is 10.2 Å². The molecule has 1 aliphatic rings. The first-order valence-electron chi connectivity index (χ1n) is 8.76. The molecule has 136 valence electrons. The number of nitrogens with one attached hydrogen (secondary N) is 1. The minimum atomic E-state index is -0.216. The van der Waals surface area contributed by atoms with Crippen LogP contribution in [0.4, 0.5) is 5.13 Å². The number of fused-ring (bicyclic) bond motifs is 1. The van der Waals surface area contributed by atoms with Gasteiger partial charge in [-0.25, -0.2) is 9.67 Å². The van der Waals surface area contributed by atoms with Crippen LogP contribution in [0.2, 0.25) is 0 Å². The van der Waals surface area contributed by atoms with Gasteiger partial charge in [0.1, 0.15) is 5.01 Å². The Morgan fingerprint density at radius 2 is 2.00 bits per heavy atom. The number of anilines is 1. The third kappa shape index (κ3) is 2.98. The molecule has 0 spiro atoms. The second-order valence-electron chi connectivity index (χ2n) is 7.82. The summed E-state index contributed by atoms with van der Waals surface area (Å²) in [6.45, 7) is 10.1. The number of pyridine rings is 1. The van der Waals surface area contributed by atoms with Gasteiger partial charge in [-0.05, 0) is 53.5 Å². The Hall–Kier alpha value is -2.35. The molecule has 1 amide bonds. The van der Waals surface area contributed by atoms with Crippen LogP contribution in [0.3, 0.4) is 0 Å². The topological polar surface area (TPSA) is 85.6 Å². The van der Waals surface area contributed by atoms with E-state index in [1.165, 1.54) is 11.3 Å². The fourth-order valence-electron chi connectivity index (χ4n) is 3.05. The van der Waals surface area contributed by atoms with E-state index in [1.54, 1.807) is 0 Å². The van der Waals surface area contributed by atoms with Crippen molar-refractivity contribution in [3.8, 4) is 0 Å². The van der Waals surface area contributed by atoms with Crippen LogP contribution in [0, 0.1) is 13.8 Å². The van der Waals surface area contributed by atoms with E-state index in [1.807, 2.05) is 24.6 Å². The highest BCUT2D eigenvalue weighted by Crippen LogP contribution is 2.41. The van der Waals surface area contributed by atoms with Gasteiger partial charge < -0.3 is 0 Å². The van der Waals surface area contributed by atoms with Crippen LogP contribution in [0.25, 0.3) is 11.0 Å². The minimum Gasteiger partial charge on any atom is -0.296 e. The van der Waals surface area contributed by atoms with Crippen LogP contribution in [-0.2, 0) is 5.54 Å². The lowest BCUT2D eigenvalue weighted by atomic mass is 10.1. The largest absolute Gasteiger partial charge is 0.296 e. The van der Waals surface area contributed by atoms with Crippen molar-refractivity contribution in [3.63, 3.8) is 0 Å². The van der Waals surface area contributed by atoms with Crippen LogP contribution in [0.1, 0.15) is 66.3 Å². The fraction of sp³-hybridized carbons (Fsp3) is 0.500. The molecule has 4 rings (SSSR count). The Labute approximate surface area is 155 Å². The summed E-state index contributed by atoms with van der Waals surface area (Å²) in [6, 6.07) is 1.92. The summed E-state index contributed by atoms with van der Waals surface area (Å²) in [7, 11) is 0. The van der Waals surface area contributed by atoms with Gasteiger partial charge in [0, 0.05) is 11.6 Å². The van der Waals surface area contributed by atoms with E-state index in [4.69, 9.17) is 4.98 Å². The Morgan fingerprint density at radius 3 is 2.58 bits per heavy atom. The van der Waals surface area contributed by atoms with Crippen LogP contribution < -0.4 is 5.32 Å². The van der Waals surface area contributed by atoms with Gasteiger partial charge in [0.15, 0.2) is 5.65 Å². The van der Waals surface area contributed by atoms with Crippen LogP contribution in [0.15, 0.2) is 6.07 Å². The highest BCUT2D eigenvalue weighted by Gasteiger charge is 2.30. The summed E-state index contributed by atoms with van der Waals surface area (Å²) >= 11 is 1.36. The molecule has 0 radical (unpaired) electrons. The lowest BCUT2D eigenvalue weighted by molar-refractivity contribution is 0.102. The van der Waals surface area contributed by atoms with Gasteiger partial charge in [-0.3, -0.25) is 10.1 Å². The van der Waals surface area contributed by atoms with Crippen molar-refractivity contribution in [1.29, 1.82) is 0 Å². The zero-order valence-corrected chi connectivity index (χ0v) is 16.4. The molecule has 1 aliphatic carbocycles. The zero-order valence-electron chi connectivity index (χ0n) is 15.6. The van der Waals surface area contributed by atoms with Gasteiger partial charge in [0.25, 0.3) is 5.91 Å². The molecular weight excluding hydrogens is 348 g/mol. The number of nitrogens with zero attached hydrogens (tertiary/aromatic N) is 5. The predicted molar refractivity (Wildman–Crippen MR) is 102 cm³/mol. The van der Waals surface area contributed by atoms with E-state index >= 15 is 0 Å². The van der Waals surface area contributed by atoms with Gasteiger partial charge in [0.05, 0.1) is 22.2 Å². The molecule has 7 nitrogen and oxygen atoms in total. The fourth-order valence-corrected chi connectivity index (χ4v) is 3.64. The zero-order chi connectivity index (χ0) is 18.6. The minimum absolute atomic E-state index is 0.188. The quantitative estimate of drug-likeness (QED) is 0.758. The van der Waals surface area contributed by atoms with E-state index in [0.29, 0.717) is 16.6 Å². The highest BCUT2D eigenvalue weighted by atomic mass is 32.1. The maximum atomic E-state index is 13.0. The van der Waals surface area contributed by atoms with Crippen molar-refractivity contribution < 1.29 is 4.79 Å². The number of hydrogen-bond donors (Lipinski definition) is 1. The van der Waals surface area contributed by atoms with Crippen LogP contribution in [-0.4, -0.2) is 30.9 Å². The molecule has 0 saturated heterocycles. The summed E-state index contributed by atoms with van der Waals surface area (Å²) in [5, 5.41) is 17.6. The molecule has 3 aromatic heterocycles. The van der Waals surface area contributed by atoms with Crippen molar-refractivity contribution in [1.82, 2.24) is 25.0 Å². The molecule has 3 aromatic rings. The summed E-state index contributed by atoms with van der Waals surface area (Å²) in [6.07, 6.45) is 2.25. The normalized spacial score (nSPS) is 14.8. The molecular formula is C18H22N6OS. The first kappa shape index (κ1) is 17.1. The van der Waals surface area contributed by atoms with E-state index < -0.39 is 0 Å². The maximum absolute atomic E-state index is 13.0. The van der Waals surface area contributed by atoms with Crippen molar-refractivity contribution in [2.45, 2.75) is 58.9 Å². The molecule has 0 aliphatic heterocycles. The number of hydrogen-bond acceptors (Lipinski definition) is 6. The Kier molecular flexibility index (Phi) is 3.83. The Bertz CT molecular complexity index is 1010. The van der Waals surface area contributed by atoms with E-state index in [-0.39, 0.29) is 11.4 Å². The van der Waals surface area contributed by atoms with Crippen molar-refractivity contribution >= 4 is 33.4 Å². The number of carbonyl (C=O) groups excluding carboxylic acids is 1. The molecule has 0 atom stereocenters. The average Bonchev–Trinajstić information content (AvgIpc) is 3.25. The lowest BCUT2D eigenvalue weighted by Gasteiger charge is -2.20. The smallest absolute Gasteiger partial charge is 0.258 e. The Balaban J connectivity index is 1.87. The number of carbonyl (C=O) groups is 1. The second kappa shape index (κ2) is 5.84. The maximum Gasteiger partial charge on any atom is 0.258 e. The van der Waals surface area contributed by atoms with E-state index in [9.17, 15) is 4.79 Å². The SMILES string of the molecule is Cc1nnc(NC(=O)c2cc(C3CC3)nc3c2c(C)nn3C(C)(C)C)s1. The predicted octanol–water partition coefficient (Wildman–Crippen LogP) is 3.78. The number of aryl methyl sites for hydroxylation is 2. The Morgan fingerprint density at radius 1 is 1.27 bits per heavy atom. The number of aromatic nitrogens is 5. The molecule has 3 heterocycles. The molecule has 1 N–H and O–H groups in total. The van der Waals surface area contributed by atoms with Gasteiger partial charge in [-0.1, -0.05) is 11.3 Å². The second-order valence-corrected chi connectivity index (χ2v) is 9.00. The van der Waals surface area contributed by atoms with E-state index in [2.05, 4.69) is 41.4 Å². The van der Waals surface area contributed by atoms with Gasteiger partial charge >= 0.3 is 0 Å². The molecule has 26 heavy (non-hydrogen) atoms. The standard InChI is InChI=1S/C18H22N6OS/c1-9-14-12(16(25)20-17-22-21-10(2)26-17)8-13(11-6-7-11)19-15(14)24(23-9)18(3,4)5/h8,11H,6-7H2,1-5H3,(H,20,22,25). The lowest BCUT2D eigenvalue weighted by Crippen LogP contribution is -2.23. The van der Waals surface area contributed by atoms with Crippen LogP contribution >= 0.6 is 11.3 Å². The number of amides is 1. The van der Waals surface area contributed by atoms with Gasteiger partial charge in [-0.2, -0.15) is 5.10 Å². The molecule has 8 heteroatoms. The summed E-state index contributed by atoms with van der Waals surface area (Å²) in [5.74, 6) is 0.255. The third-order valence-corrected chi connectivity index (χ3v) is 5.21. The van der Waals surface area contributed by atoms with Crippen molar-refractivity contribution in [2.75, 3.05) is 5.32 Å². The molecule has 1 fully saturated rings. The number of rotatable bonds is 3. The average molecular weight is 370 g/mol. The molecule has 0 unspecified atom stereocenters. The highest BCUT2D eigenvalue weighted by molar-refractivity contribution is 7.15. The first-order chi connectivity index (χ1) is 12.2. The summed E-state index contributed by atoms with van der Waals surface area (Å²) in [4.78, 5) is 17.9. The summed E-state index contributed by atoms with van der Waals surface area (Å²) < 4.78 is 1.93. The van der Waals surface area contributed by atoms with E-state index in [0.717, 1.165) is 40.3 Å². The first-order valence-corrected chi connectivity index (χ1v) is 9.58. The monoisotopic (exact) mass is 370 g/mol. The molecule has 0 aromatic carbocycles. The molecule has 0 bridgehead atoms. The van der Waals surface area contributed by atoms with Crippen LogP contribution in [0.5, 0.6) is 0 Å². The third-order valence-electron chi connectivity index (χ3n) is 4.45. The van der Waals surface area contributed by atoms with Crippen molar-refractivity contribution in [2.24, 2.45) is 0 Å². The van der Waals surface area contributed by atoms with Crippen molar-refractivity contribution in [3.05, 3.63) is 28.0 Å². The summed E-state index contributed by atoms with van der Waals surface area (Å²) in [5.41, 5.74) is 2.95. The van der Waals surface area contributed by atoms with Gasteiger partial charge in [0.2, 0.25) is 5.13 Å². The molecule has 1 saturated carbocycles.